The van der Waals surface area contributed by atoms with Gasteiger partial charge in [0.1, 0.15) is 11.3 Å². The average molecular weight is 264 g/mol. The fourth-order valence-corrected chi connectivity index (χ4v) is 3.38. The number of piperidine rings is 1. The molecule has 5 heteroatoms. The molecule has 0 radical (unpaired) electrons. The molecule has 2 aliphatic rings. The molecule has 2 atom stereocenters. The lowest BCUT2D eigenvalue weighted by Gasteiger charge is -2.32. The zero-order valence-corrected chi connectivity index (χ0v) is 11.0. The van der Waals surface area contributed by atoms with Crippen molar-refractivity contribution in [3.8, 4) is 0 Å². The van der Waals surface area contributed by atoms with Gasteiger partial charge in [0, 0.05) is 18.6 Å². The van der Waals surface area contributed by atoms with Gasteiger partial charge in [-0.05, 0) is 31.9 Å². The van der Waals surface area contributed by atoms with E-state index in [2.05, 4.69) is 10.2 Å². The molecular formula is C14H20N2O3. The number of nitrogens with one attached hydrogen (secondary N) is 1. The highest BCUT2D eigenvalue weighted by Crippen LogP contribution is 2.27. The molecule has 2 fully saturated rings. The number of hydrogen-bond acceptors (Lipinski definition) is 4. The monoisotopic (exact) mass is 264 g/mol. The smallest absolute Gasteiger partial charge is 0.339 e. The van der Waals surface area contributed by atoms with E-state index in [1.54, 1.807) is 0 Å². The van der Waals surface area contributed by atoms with Crippen LogP contribution in [-0.4, -0.2) is 41.1 Å². The summed E-state index contributed by atoms with van der Waals surface area (Å²) in [5, 5.41) is 12.5. The average Bonchev–Trinajstić information content (AvgIpc) is 3.03. The van der Waals surface area contributed by atoms with Crippen molar-refractivity contribution in [2.45, 2.75) is 44.3 Å². The van der Waals surface area contributed by atoms with Crippen molar-refractivity contribution in [2.24, 2.45) is 0 Å². The van der Waals surface area contributed by atoms with E-state index in [0.29, 0.717) is 24.4 Å². The lowest BCUT2D eigenvalue weighted by Crippen LogP contribution is -2.44. The van der Waals surface area contributed by atoms with Crippen LogP contribution in [0.3, 0.4) is 0 Å². The van der Waals surface area contributed by atoms with E-state index in [0.717, 1.165) is 13.0 Å². The van der Waals surface area contributed by atoms with E-state index in [1.807, 2.05) is 0 Å². The minimum absolute atomic E-state index is 0.269. The summed E-state index contributed by atoms with van der Waals surface area (Å²) in [6.07, 6.45) is 6.46. The lowest BCUT2D eigenvalue weighted by molar-refractivity contribution is 0.0694. The number of furan rings is 1. The molecule has 5 nitrogen and oxygen atoms in total. The minimum atomic E-state index is -0.920. The molecule has 0 amide bonds. The molecule has 2 saturated heterocycles. The molecule has 19 heavy (non-hydrogen) atoms. The standard InChI is InChI=1S/C14H20N2O3/c17-14(18)10-5-8-19-13(10)9-15-11-4-7-16-6-2-1-3-12(11)16/h5,8,11-12,15H,1-4,6-7,9H2,(H,17,18). The number of carboxylic acids is 1. The van der Waals surface area contributed by atoms with E-state index < -0.39 is 5.97 Å². The van der Waals surface area contributed by atoms with Crippen LogP contribution >= 0.6 is 0 Å². The maximum atomic E-state index is 11.0. The predicted octanol–water partition coefficient (Wildman–Crippen LogP) is 1.69. The first-order chi connectivity index (χ1) is 9.25. The Hall–Kier alpha value is -1.33. The zero-order valence-electron chi connectivity index (χ0n) is 11.0. The van der Waals surface area contributed by atoms with Crippen LogP contribution < -0.4 is 5.32 Å². The molecule has 2 unspecified atom stereocenters. The summed E-state index contributed by atoms with van der Waals surface area (Å²) in [7, 11) is 0. The van der Waals surface area contributed by atoms with Crippen LogP contribution in [0.1, 0.15) is 41.8 Å². The van der Waals surface area contributed by atoms with Gasteiger partial charge in [-0.3, -0.25) is 4.90 Å². The third-order valence-electron chi connectivity index (χ3n) is 4.36. The molecule has 3 heterocycles. The quantitative estimate of drug-likeness (QED) is 0.866. The second kappa shape index (κ2) is 5.35. The summed E-state index contributed by atoms with van der Waals surface area (Å²) in [5.41, 5.74) is 0.269. The number of rotatable bonds is 4. The zero-order chi connectivity index (χ0) is 13.2. The molecule has 104 valence electrons. The highest BCUT2D eigenvalue weighted by molar-refractivity contribution is 5.88. The fraction of sp³-hybridized carbons (Fsp3) is 0.643. The van der Waals surface area contributed by atoms with Gasteiger partial charge in [-0.2, -0.15) is 0 Å². The maximum Gasteiger partial charge on any atom is 0.339 e. The van der Waals surface area contributed by atoms with Crippen LogP contribution in [0.2, 0.25) is 0 Å². The van der Waals surface area contributed by atoms with Crippen LogP contribution in [0.5, 0.6) is 0 Å². The Bertz CT molecular complexity index is 457. The second-order valence-electron chi connectivity index (χ2n) is 5.44. The van der Waals surface area contributed by atoms with Crippen LogP contribution in [-0.2, 0) is 6.54 Å². The fourth-order valence-electron chi connectivity index (χ4n) is 3.38. The Kier molecular flexibility index (Phi) is 3.57. The topological polar surface area (TPSA) is 65.7 Å². The first-order valence-electron chi connectivity index (χ1n) is 7.03. The summed E-state index contributed by atoms with van der Waals surface area (Å²) in [6.45, 7) is 2.87. The Morgan fingerprint density at radius 1 is 1.42 bits per heavy atom. The number of nitrogens with zero attached hydrogens (tertiary/aromatic N) is 1. The molecule has 1 aromatic heterocycles. The van der Waals surface area contributed by atoms with Crippen LogP contribution in [0.15, 0.2) is 16.7 Å². The van der Waals surface area contributed by atoms with Crippen molar-refractivity contribution in [1.29, 1.82) is 0 Å². The maximum absolute atomic E-state index is 11.0. The van der Waals surface area contributed by atoms with E-state index in [9.17, 15) is 4.79 Å². The van der Waals surface area contributed by atoms with Crippen molar-refractivity contribution in [3.05, 3.63) is 23.7 Å². The van der Waals surface area contributed by atoms with Crippen molar-refractivity contribution >= 4 is 5.97 Å². The largest absolute Gasteiger partial charge is 0.478 e. The Morgan fingerprint density at radius 2 is 2.32 bits per heavy atom. The summed E-state index contributed by atoms with van der Waals surface area (Å²) in [4.78, 5) is 13.6. The van der Waals surface area contributed by atoms with Gasteiger partial charge in [0.2, 0.25) is 0 Å². The number of fused-ring (bicyclic) bond motifs is 1. The summed E-state index contributed by atoms with van der Waals surface area (Å²) < 4.78 is 5.26. The predicted molar refractivity (Wildman–Crippen MR) is 70.1 cm³/mol. The third kappa shape index (κ3) is 2.53. The molecule has 0 spiro atoms. The van der Waals surface area contributed by atoms with Crippen molar-refractivity contribution in [2.75, 3.05) is 13.1 Å². The number of aromatic carboxylic acids is 1. The highest BCUT2D eigenvalue weighted by Gasteiger charge is 2.35. The summed E-state index contributed by atoms with van der Waals surface area (Å²) in [6, 6.07) is 2.60. The molecule has 2 aliphatic heterocycles. The Balaban J connectivity index is 1.60. The number of carboxylic acid groups (broad SMARTS) is 1. The highest BCUT2D eigenvalue weighted by atomic mass is 16.4. The van der Waals surface area contributed by atoms with Gasteiger partial charge in [-0.15, -0.1) is 0 Å². The van der Waals surface area contributed by atoms with Crippen molar-refractivity contribution in [3.63, 3.8) is 0 Å². The first kappa shape index (κ1) is 12.7. The van der Waals surface area contributed by atoms with Gasteiger partial charge < -0.3 is 14.8 Å². The first-order valence-corrected chi connectivity index (χ1v) is 7.03. The normalized spacial score (nSPS) is 27.4. The number of carbonyl (C=O) groups is 1. The molecule has 2 N–H and O–H groups in total. The van der Waals surface area contributed by atoms with Gasteiger partial charge in [-0.1, -0.05) is 6.42 Å². The van der Waals surface area contributed by atoms with Gasteiger partial charge >= 0.3 is 5.97 Å². The van der Waals surface area contributed by atoms with Crippen molar-refractivity contribution < 1.29 is 14.3 Å². The van der Waals surface area contributed by atoms with Crippen LogP contribution in [0, 0.1) is 0 Å². The van der Waals surface area contributed by atoms with E-state index >= 15 is 0 Å². The summed E-state index contributed by atoms with van der Waals surface area (Å²) >= 11 is 0. The summed E-state index contributed by atoms with van der Waals surface area (Å²) in [5.74, 6) is -0.391. The van der Waals surface area contributed by atoms with Gasteiger partial charge in [0.25, 0.3) is 0 Å². The molecular weight excluding hydrogens is 244 g/mol. The van der Waals surface area contributed by atoms with E-state index in [-0.39, 0.29) is 5.56 Å². The van der Waals surface area contributed by atoms with Gasteiger partial charge in [0.05, 0.1) is 12.8 Å². The number of hydrogen-bond donors (Lipinski definition) is 2. The van der Waals surface area contributed by atoms with Gasteiger partial charge in [-0.25, -0.2) is 4.79 Å². The lowest BCUT2D eigenvalue weighted by atomic mass is 9.99. The molecule has 0 bridgehead atoms. The SMILES string of the molecule is O=C(O)c1ccoc1CNC1CCN2CCCCC12. The molecule has 0 aromatic carbocycles. The second-order valence-corrected chi connectivity index (χ2v) is 5.44. The van der Waals surface area contributed by atoms with Crippen molar-refractivity contribution in [1.82, 2.24) is 10.2 Å². The van der Waals surface area contributed by atoms with E-state index in [1.165, 1.54) is 38.1 Å². The molecule has 3 rings (SSSR count). The third-order valence-corrected chi connectivity index (χ3v) is 4.36. The van der Waals surface area contributed by atoms with Gasteiger partial charge in [0.15, 0.2) is 0 Å². The molecule has 0 aliphatic carbocycles. The Labute approximate surface area is 112 Å². The molecule has 1 aromatic rings. The Morgan fingerprint density at radius 3 is 3.16 bits per heavy atom. The van der Waals surface area contributed by atoms with Crippen LogP contribution in [0.25, 0.3) is 0 Å². The van der Waals surface area contributed by atoms with E-state index in [4.69, 9.17) is 9.52 Å². The molecule has 0 saturated carbocycles. The van der Waals surface area contributed by atoms with Crippen LogP contribution in [0.4, 0.5) is 0 Å². The minimum Gasteiger partial charge on any atom is -0.478 e.